The lowest BCUT2D eigenvalue weighted by molar-refractivity contribution is 0.379. The summed E-state index contributed by atoms with van der Waals surface area (Å²) in [5.74, 6) is 0.858. The van der Waals surface area contributed by atoms with Crippen molar-refractivity contribution in [2.24, 2.45) is 0 Å². The van der Waals surface area contributed by atoms with Crippen LogP contribution in [0.2, 0.25) is 0 Å². The molecule has 0 aliphatic rings. The van der Waals surface area contributed by atoms with Crippen LogP contribution >= 0.6 is 0 Å². The number of benzene rings is 1. The molecule has 0 aliphatic carbocycles. The molecule has 0 aliphatic heterocycles. The molecule has 0 bridgehead atoms. The second-order valence-corrected chi connectivity index (χ2v) is 3.10. The summed E-state index contributed by atoms with van der Waals surface area (Å²) >= 11 is 0. The molecular weight excluding hydrogens is 197 g/mol. The summed E-state index contributed by atoms with van der Waals surface area (Å²) < 4.78 is 17.5. The van der Waals surface area contributed by atoms with Crippen molar-refractivity contribution >= 4 is 5.69 Å². The third kappa shape index (κ3) is 2.52. The summed E-state index contributed by atoms with van der Waals surface area (Å²) in [6, 6.07) is 6.08. The molecule has 2 aromatic rings. The third-order valence-corrected chi connectivity index (χ3v) is 1.86. The number of anilines is 1. The predicted octanol–water partition coefficient (Wildman–Crippen LogP) is 2.13. The Labute approximate surface area is 86.1 Å². The molecular formula is C10H10FN3O. The highest BCUT2D eigenvalue weighted by molar-refractivity contribution is 5.42. The van der Waals surface area contributed by atoms with Gasteiger partial charge in [-0.3, -0.25) is 0 Å². The fourth-order valence-corrected chi connectivity index (χ4v) is 1.16. The van der Waals surface area contributed by atoms with Crippen LogP contribution in [0.4, 0.5) is 10.1 Å². The molecule has 1 N–H and O–H groups in total. The van der Waals surface area contributed by atoms with Gasteiger partial charge >= 0.3 is 0 Å². The van der Waals surface area contributed by atoms with E-state index in [4.69, 9.17) is 4.52 Å². The van der Waals surface area contributed by atoms with Crippen molar-refractivity contribution in [1.82, 2.24) is 10.1 Å². The number of hydrogen-bond donors (Lipinski definition) is 1. The maximum atomic E-state index is 12.6. The van der Waals surface area contributed by atoms with Crippen LogP contribution in [0.3, 0.4) is 0 Å². The molecule has 0 amide bonds. The minimum Gasteiger partial charge on any atom is -0.376 e. The zero-order valence-electron chi connectivity index (χ0n) is 8.20. The van der Waals surface area contributed by atoms with Crippen LogP contribution in [0.15, 0.2) is 28.8 Å². The van der Waals surface area contributed by atoms with E-state index in [-0.39, 0.29) is 5.82 Å². The summed E-state index contributed by atoms with van der Waals surface area (Å²) in [6.45, 7) is 2.19. The molecule has 0 fully saturated rings. The minimum atomic E-state index is -0.255. The Hall–Kier alpha value is -1.91. The fraction of sp³-hybridized carbons (Fsp3) is 0.200. The van der Waals surface area contributed by atoms with E-state index in [9.17, 15) is 4.39 Å². The van der Waals surface area contributed by atoms with Gasteiger partial charge in [0.15, 0.2) is 5.82 Å². The summed E-state index contributed by atoms with van der Waals surface area (Å²) in [7, 11) is 0. The Morgan fingerprint density at radius 3 is 2.67 bits per heavy atom. The number of hydrogen-bond acceptors (Lipinski definition) is 4. The lowest BCUT2D eigenvalue weighted by Gasteiger charge is -2.01. The molecule has 0 unspecified atom stereocenters. The zero-order chi connectivity index (χ0) is 10.7. The molecule has 5 heteroatoms. The molecule has 2 rings (SSSR count). The Kier molecular flexibility index (Phi) is 2.62. The lowest BCUT2D eigenvalue weighted by Crippen LogP contribution is -1.99. The molecule has 1 aromatic heterocycles. The molecule has 1 heterocycles. The van der Waals surface area contributed by atoms with E-state index in [1.807, 2.05) is 0 Å². The Balaban J connectivity index is 1.96. The number of nitrogens with zero attached hydrogens (tertiary/aromatic N) is 2. The number of halogens is 1. The number of rotatable bonds is 3. The van der Waals surface area contributed by atoms with E-state index >= 15 is 0 Å². The first-order chi connectivity index (χ1) is 7.24. The van der Waals surface area contributed by atoms with Gasteiger partial charge in [-0.1, -0.05) is 5.16 Å². The predicted molar refractivity (Wildman–Crippen MR) is 52.8 cm³/mol. The van der Waals surface area contributed by atoms with Gasteiger partial charge in [-0.15, -0.1) is 0 Å². The molecule has 4 nitrogen and oxygen atoms in total. The highest BCUT2D eigenvalue weighted by atomic mass is 19.1. The maximum Gasteiger partial charge on any atom is 0.245 e. The van der Waals surface area contributed by atoms with Crippen LogP contribution in [-0.2, 0) is 6.54 Å². The van der Waals surface area contributed by atoms with E-state index < -0.39 is 0 Å². The second kappa shape index (κ2) is 4.08. The fourth-order valence-electron chi connectivity index (χ4n) is 1.16. The van der Waals surface area contributed by atoms with Crippen LogP contribution < -0.4 is 5.32 Å². The monoisotopic (exact) mass is 207 g/mol. The average molecular weight is 207 g/mol. The second-order valence-electron chi connectivity index (χ2n) is 3.10. The molecule has 1 aromatic carbocycles. The molecule has 0 spiro atoms. The number of aryl methyl sites for hydroxylation is 1. The van der Waals surface area contributed by atoms with E-state index in [1.54, 1.807) is 19.1 Å². The van der Waals surface area contributed by atoms with Gasteiger partial charge in [0, 0.05) is 5.69 Å². The first kappa shape index (κ1) is 9.64. The van der Waals surface area contributed by atoms with Crippen LogP contribution in [0.25, 0.3) is 0 Å². The van der Waals surface area contributed by atoms with Crippen LogP contribution in [0.1, 0.15) is 11.7 Å². The van der Waals surface area contributed by atoms with Crippen molar-refractivity contribution in [2.45, 2.75) is 13.5 Å². The molecule has 15 heavy (non-hydrogen) atoms. The van der Waals surface area contributed by atoms with Crippen LogP contribution in [0.5, 0.6) is 0 Å². The van der Waals surface area contributed by atoms with Crippen molar-refractivity contribution < 1.29 is 8.91 Å². The van der Waals surface area contributed by atoms with Crippen molar-refractivity contribution in [3.8, 4) is 0 Å². The first-order valence-electron chi connectivity index (χ1n) is 4.52. The largest absolute Gasteiger partial charge is 0.376 e. The van der Waals surface area contributed by atoms with Gasteiger partial charge in [0.1, 0.15) is 5.82 Å². The van der Waals surface area contributed by atoms with Gasteiger partial charge in [-0.2, -0.15) is 4.98 Å². The van der Waals surface area contributed by atoms with Gasteiger partial charge in [0.2, 0.25) is 5.89 Å². The van der Waals surface area contributed by atoms with E-state index in [1.165, 1.54) is 12.1 Å². The van der Waals surface area contributed by atoms with Crippen molar-refractivity contribution in [3.63, 3.8) is 0 Å². The smallest absolute Gasteiger partial charge is 0.245 e. The standard InChI is InChI=1S/C10H10FN3O/c1-7-13-10(15-14-7)6-12-9-4-2-8(11)3-5-9/h2-5,12H,6H2,1H3. The Morgan fingerprint density at radius 2 is 2.07 bits per heavy atom. The van der Waals surface area contributed by atoms with E-state index in [2.05, 4.69) is 15.5 Å². The van der Waals surface area contributed by atoms with Gasteiger partial charge in [-0.05, 0) is 31.2 Å². The summed E-state index contributed by atoms with van der Waals surface area (Å²) in [5.41, 5.74) is 0.812. The number of nitrogens with one attached hydrogen (secondary N) is 1. The highest BCUT2D eigenvalue weighted by Crippen LogP contribution is 2.09. The zero-order valence-corrected chi connectivity index (χ0v) is 8.20. The third-order valence-electron chi connectivity index (χ3n) is 1.86. The van der Waals surface area contributed by atoms with Gasteiger partial charge in [-0.25, -0.2) is 4.39 Å². The summed E-state index contributed by atoms with van der Waals surface area (Å²) in [6.07, 6.45) is 0. The summed E-state index contributed by atoms with van der Waals surface area (Å²) in [5, 5.41) is 6.70. The molecule has 0 atom stereocenters. The first-order valence-corrected chi connectivity index (χ1v) is 4.52. The Morgan fingerprint density at radius 1 is 1.33 bits per heavy atom. The van der Waals surface area contributed by atoms with Crippen LogP contribution in [0, 0.1) is 12.7 Å². The quantitative estimate of drug-likeness (QED) is 0.837. The van der Waals surface area contributed by atoms with Crippen molar-refractivity contribution in [3.05, 3.63) is 41.8 Å². The normalized spacial score (nSPS) is 10.3. The van der Waals surface area contributed by atoms with Crippen molar-refractivity contribution in [2.75, 3.05) is 5.32 Å². The van der Waals surface area contributed by atoms with Gasteiger partial charge < -0.3 is 9.84 Å². The summed E-state index contributed by atoms with van der Waals surface area (Å²) in [4.78, 5) is 4.03. The topological polar surface area (TPSA) is 51.0 Å². The SMILES string of the molecule is Cc1noc(CNc2ccc(F)cc2)n1. The molecule has 0 saturated carbocycles. The lowest BCUT2D eigenvalue weighted by atomic mass is 10.3. The van der Waals surface area contributed by atoms with E-state index in [0.717, 1.165) is 5.69 Å². The maximum absolute atomic E-state index is 12.6. The van der Waals surface area contributed by atoms with Crippen molar-refractivity contribution in [1.29, 1.82) is 0 Å². The number of aromatic nitrogens is 2. The Bertz CT molecular complexity index is 438. The minimum absolute atomic E-state index is 0.255. The molecule has 0 radical (unpaired) electrons. The van der Waals surface area contributed by atoms with E-state index in [0.29, 0.717) is 18.3 Å². The molecule has 78 valence electrons. The highest BCUT2D eigenvalue weighted by Gasteiger charge is 2.01. The van der Waals surface area contributed by atoms with Gasteiger partial charge in [0.25, 0.3) is 0 Å². The van der Waals surface area contributed by atoms with Crippen LogP contribution in [-0.4, -0.2) is 10.1 Å². The molecule has 0 saturated heterocycles. The van der Waals surface area contributed by atoms with Gasteiger partial charge in [0.05, 0.1) is 6.54 Å². The average Bonchev–Trinajstić information content (AvgIpc) is 2.64.